The van der Waals surface area contributed by atoms with Gasteiger partial charge in [-0.05, 0) is 46.9 Å². The first-order valence-electron chi connectivity index (χ1n) is 12.7. The summed E-state index contributed by atoms with van der Waals surface area (Å²) in [4.78, 5) is 23.5. The highest BCUT2D eigenvalue weighted by atomic mass is 32.2. The average Bonchev–Trinajstić information content (AvgIpc) is 2.88. The van der Waals surface area contributed by atoms with Crippen LogP contribution < -0.4 is 31.0 Å². The first-order chi connectivity index (χ1) is 19.5. The maximum absolute atomic E-state index is 14.0. The number of rotatable bonds is 9. The molecule has 0 saturated heterocycles. The van der Waals surface area contributed by atoms with Crippen LogP contribution in [0, 0.1) is 11.6 Å². The van der Waals surface area contributed by atoms with E-state index in [1.54, 1.807) is 24.3 Å². The van der Waals surface area contributed by atoms with Crippen molar-refractivity contribution in [3.63, 3.8) is 0 Å². The number of carbonyl (C=O) groups is 2. The second kappa shape index (κ2) is 14.6. The van der Waals surface area contributed by atoms with Crippen molar-refractivity contribution in [1.82, 2.24) is 5.32 Å². The van der Waals surface area contributed by atoms with E-state index in [4.69, 9.17) is 20.9 Å². The average molecular weight is 607 g/mol. The zero-order chi connectivity index (χ0) is 31.7. The third kappa shape index (κ3) is 11.3. The number of amides is 1. The van der Waals surface area contributed by atoms with Crippen molar-refractivity contribution in [1.29, 1.82) is 0 Å². The lowest BCUT2D eigenvalue weighted by molar-refractivity contribution is -0.132. The van der Waals surface area contributed by atoms with Crippen molar-refractivity contribution in [2.24, 2.45) is 5.73 Å². The van der Waals surface area contributed by atoms with Gasteiger partial charge in [-0.2, -0.15) is 0 Å². The number of anilines is 2. The van der Waals surface area contributed by atoms with Gasteiger partial charge >= 0.3 is 5.97 Å². The maximum atomic E-state index is 14.0. The molecule has 0 aliphatic rings. The summed E-state index contributed by atoms with van der Waals surface area (Å²) in [6, 6.07) is 13.5. The lowest BCUT2D eigenvalue weighted by Crippen LogP contribution is -2.28. The summed E-state index contributed by atoms with van der Waals surface area (Å²) in [6.07, 6.45) is 0.923. The molecule has 3 rings (SSSR count). The Kier molecular flexibility index (Phi) is 11.8. The number of nitrogens with two attached hydrogens (primary N) is 2. The number of halogens is 2. The van der Waals surface area contributed by atoms with Gasteiger partial charge in [0.25, 0.3) is 5.91 Å². The normalized spacial score (nSPS) is 11.1. The second-order valence-corrected chi connectivity index (χ2v) is 12.1. The van der Waals surface area contributed by atoms with Gasteiger partial charge in [-0.1, -0.05) is 39.0 Å². The molecule has 6 N–H and O–H groups in total. The molecule has 13 heteroatoms. The predicted molar refractivity (Wildman–Crippen MR) is 157 cm³/mol. The van der Waals surface area contributed by atoms with E-state index in [9.17, 15) is 26.8 Å². The molecule has 0 aromatic heterocycles. The van der Waals surface area contributed by atoms with Gasteiger partial charge in [0.1, 0.15) is 23.1 Å². The first-order valence-corrected chi connectivity index (χ1v) is 14.6. The van der Waals surface area contributed by atoms with Crippen molar-refractivity contribution < 1.29 is 36.3 Å². The van der Waals surface area contributed by atoms with E-state index in [-0.39, 0.29) is 29.9 Å². The smallest absolute Gasteiger partial charge is 0.308 e. The van der Waals surface area contributed by atoms with Gasteiger partial charge in [0.2, 0.25) is 10.0 Å². The van der Waals surface area contributed by atoms with Crippen LogP contribution in [0.3, 0.4) is 0 Å². The fourth-order valence-electron chi connectivity index (χ4n) is 3.50. The van der Waals surface area contributed by atoms with Crippen LogP contribution in [0.25, 0.3) is 0 Å². The Morgan fingerprint density at radius 1 is 0.952 bits per heavy atom. The largest absolute Gasteiger partial charge is 0.484 e. The van der Waals surface area contributed by atoms with Crippen molar-refractivity contribution in [2.45, 2.75) is 46.2 Å². The van der Waals surface area contributed by atoms with Crippen LogP contribution in [0.5, 0.6) is 11.5 Å². The molecule has 0 spiro atoms. The van der Waals surface area contributed by atoms with Crippen molar-refractivity contribution in [3.8, 4) is 11.5 Å². The maximum Gasteiger partial charge on any atom is 0.308 e. The van der Waals surface area contributed by atoms with Gasteiger partial charge in [-0.3, -0.25) is 14.3 Å². The van der Waals surface area contributed by atoms with Gasteiger partial charge in [-0.25, -0.2) is 17.2 Å². The Balaban J connectivity index is 0.000000518. The minimum Gasteiger partial charge on any atom is -0.484 e. The first kappa shape index (κ1) is 34.0. The molecule has 0 bridgehead atoms. The Morgan fingerprint density at radius 3 is 2.14 bits per heavy atom. The van der Waals surface area contributed by atoms with Crippen molar-refractivity contribution in [3.05, 3.63) is 82.9 Å². The number of hydrogen-bond acceptors (Lipinski definition) is 8. The SMILES string of the molecule is CC(=O)Oc1cc(OCC(=O)NCc2ccc(NS(C)(=O)=O)c(F)c2)ccc1C(C)(C)C.NCc1ccc(N)c(F)c1. The molecule has 1 amide bonds. The van der Waals surface area contributed by atoms with Gasteiger partial charge in [-0.15, -0.1) is 0 Å². The zero-order valence-corrected chi connectivity index (χ0v) is 24.9. The zero-order valence-electron chi connectivity index (χ0n) is 24.1. The lowest BCUT2D eigenvalue weighted by atomic mass is 9.86. The Morgan fingerprint density at radius 2 is 1.60 bits per heavy atom. The molecule has 10 nitrogen and oxygen atoms in total. The van der Waals surface area contributed by atoms with Gasteiger partial charge in [0, 0.05) is 31.6 Å². The van der Waals surface area contributed by atoms with Crippen LogP contribution in [0.2, 0.25) is 0 Å². The molecule has 228 valence electrons. The molecule has 0 aliphatic carbocycles. The molecule has 0 atom stereocenters. The van der Waals surface area contributed by atoms with E-state index in [1.807, 2.05) is 20.8 Å². The summed E-state index contributed by atoms with van der Waals surface area (Å²) < 4.78 is 61.9. The number of benzene rings is 3. The molecule has 3 aromatic carbocycles. The summed E-state index contributed by atoms with van der Waals surface area (Å²) in [5, 5.41) is 2.59. The van der Waals surface area contributed by atoms with Gasteiger partial charge in [0.05, 0.1) is 17.6 Å². The van der Waals surface area contributed by atoms with Crippen LogP contribution >= 0.6 is 0 Å². The molecule has 0 fully saturated rings. The Labute approximate surface area is 244 Å². The summed E-state index contributed by atoms with van der Waals surface area (Å²) in [7, 11) is -3.60. The summed E-state index contributed by atoms with van der Waals surface area (Å²) in [6.45, 7) is 7.32. The lowest BCUT2D eigenvalue weighted by Gasteiger charge is -2.22. The number of esters is 1. The number of carbonyl (C=O) groups excluding carboxylic acids is 2. The highest BCUT2D eigenvalue weighted by Gasteiger charge is 2.21. The molecule has 0 unspecified atom stereocenters. The van der Waals surface area contributed by atoms with Crippen molar-refractivity contribution >= 4 is 33.3 Å². The molecule has 0 saturated carbocycles. The minimum absolute atomic E-state index is 0.0277. The minimum atomic E-state index is -3.60. The standard InChI is InChI=1S/C22H27FN2O6S.C7H9FN2/c1-14(26)31-20-11-16(7-8-17(20)22(2,3)4)30-13-21(27)24-12-15-6-9-19(18(23)10-15)25-32(5,28)29;8-6-3-5(4-9)1-2-7(6)10/h6-11,25H,12-13H2,1-5H3,(H,24,27);1-3H,4,9-10H2. The highest BCUT2D eigenvalue weighted by molar-refractivity contribution is 7.92. The van der Waals surface area contributed by atoms with Crippen LogP contribution in [-0.4, -0.2) is 33.2 Å². The van der Waals surface area contributed by atoms with Crippen LogP contribution in [0.4, 0.5) is 20.2 Å². The van der Waals surface area contributed by atoms with Gasteiger partial charge in [0.15, 0.2) is 6.61 Å². The topological polar surface area (TPSA) is 163 Å². The molecule has 0 aliphatic heterocycles. The third-order valence-electron chi connectivity index (χ3n) is 5.50. The highest BCUT2D eigenvalue weighted by Crippen LogP contribution is 2.34. The molecular formula is C29H36F2N4O6S. The van der Waals surface area contributed by atoms with Crippen LogP contribution in [-0.2, 0) is 38.1 Å². The quantitative estimate of drug-likeness (QED) is 0.161. The van der Waals surface area contributed by atoms with Crippen LogP contribution in [0.15, 0.2) is 54.6 Å². The number of hydrogen-bond donors (Lipinski definition) is 4. The summed E-state index contributed by atoms with van der Waals surface area (Å²) in [5.74, 6) is -1.35. The molecule has 3 aromatic rings. The predicted octanol–water partition coefficient (Wildman–Crippen LogP) is 3.98. The van der Waals surface area contributed by atoms with Crippen LogP contribution in [0.1, 0.15) is 44.4 Å². The van der Waals surface area contributed by atoms with E-state index in [2.05, 4.69) is 10.0 Å². The molecule has 0 heterocycles. The summed E-state index contributed by atoms with van der Waals surface area (Å²) >= 11 is 0. The van der Waals surface area contributed by atoms with E-state index in [0.717, 1.165) is 23.4 Å². The summed E-state index contributed by atoms with van der Waals surface area (Å²) in [5.41, 5.74) is 12.2. The Bertz CT molecular complexity index is 1520. The van der Waals surface area contributed by atoms with E-state index < -0.39 is 33.5 Å². The molecule has 42 heavy (non-hydrogen) atoms. The van der Waals surface area contributed by atoms with E-state index in [1.165, 1.54) is 31.2 Å². The Hall–Kier alpha value is -4.23. The number of nitrogen functional groups attached to an aromatic ring is 1. The second-order valence-electron chi connectivity index (χ2n) is 10.3. The van der Waals surface area contributed by atoms with E-state index >= 15 is 0 Å². The van der Waals surface area contributed by atoms with E-state index in [0.29, 0.717) is 23.6 Å². The monoisotopic (exact) mass is 606 g/mol. The van der Waals surface area contributed by atoms with Crippen molar-refractivity contribution in [2.75, 3.05) is 23.3 Å². The number of ether oxygens (including phenoxy) is 2. The molecular weight excluding hydrogens is 570 g/mol. The third-order valence-corrected chi connectivity index (χ3v) is 6.09. The number of sulfonamides is 1. The number of nitrogens with one attached hydrogen (secondary N) is 2. The fourth-order valence-corrected chi connectivity index (χ4v) is 4.07. The fraction of sp³-hybridized carbons (Fsp3) is 0.310. The van der Waals surface area contributed by atoms with Gasteiger partial charge < -0.3 is 26.3 Å². The molecule has 0 radical (unpaired) electrons.